The molecule has 1 fully saturated rings. The van der Waals surface area contributed by atoms with Crippen LogP contribution in [0.25, 0.3) is 0 Å². The number of hydrogen-bond donors (Lipinski definition) is 2. The lowest BCUT2D eigenvalue weighted by Gasteiger charge is -2.36. The maximum absolute atomic E-state index is 12.5. The topological polar surface area (TPSA) is 49.3 Å². The van der Waals surface area contributed by atoms with E-state index in [-0.39, 0.29) is 12.5 Å². The SMILES string of the molecule is O=C(NC1(CO)CCCCC1)c1ccc2c(c1)CCC2. The Morgan fingerprint density at radius 2 is 1.85 bits per heavy atom. The highest BCUT2D eigenvalue weighted by atomic mass is 16.3. The van der Waals surface area contributed by atoms with Gasteiger partial charge in [0.05, 0.1) is 12.1 Å². The Balaban J connectivity index is 1.75. The smallest absolute Gasteiger partial charge is 0.251 e. The predicted octanol–water partition coefficient (Wildman–Crippen LogP) is 2.60. The molecule has 1 aromatic rings. The van der Waals surface area contributed by atoms with Gasteiger partial charge in [-0.15, -0.1) is 0 Å². The van der Waals surface area contributed by atoms with Crippen LogP contribution in [0.5, 0.6) is 0 Å². The molecule has 0 radical (unpaired) electrons. The number of carbonyl (C=O) groups excluding carboxylic acids is 1. The first-order valence-corrected chi connectivity index (χ1v) is 7.78. The Kier molecular flexibility index (Phi) is 3.79. The number of hydrogen-bond acceptors (Lipinski definition) is 2. The molecular formula is C17H23NO2. The van der Waals surface area contributed by atoms with Crippen molar-refractivity contribution >= 4 is 5.91 Å². The molecule has 1 amide bonds. The Labute approximate surface area is 120 Å². The molecule has 0 bridgehead atoms. The van der Waals surface area contributed by atoms with Gasteiger partial charge >= 0.3 is 0 Å². The summed E-state index contributed by atoms with van der Waals surface area (Å²) < 4.78 is 0. The maximum Gasteiger partial charge on any atom is 0.251 e. The molecule has 1 aromatic carbocycles. The van der Waals surface area contributed by atoms with Crippen LogP contribution in [-0.4, -0.2) is 23.2 Å². The number of benzene rings is 1. The van der Waals surface area contributed by atoms with E-state index in [0.29, 0.717) is 0 Å². The fourth-order valence-electron chi connectivity index (χ4n) is 3.58. The third-order valence-electron chi connectivity index (χ3n) is 4.85. The van der Waals surface area contributed by atoms with E-state index in [0.717, 1.165) is 44.1 Å². The largest absolute Gasteiger partial charge is 0.394 e. The van der Waals surface area contributed by atoms with Crippen molar-refractivity contribution in [3.8, 4) is 0 Å². The molecule has 3 heteroatoms. The fraction of sp³-hybridized carbons (Fsp3) is 0.588. The second-order valence-electron chi connectivity index (χ2n) is 6.29. The van der Waals surface area contributed by atoms with Gasteiger partial charge < -0.3 is 10.4 Å². The number of aryl methyl sites for hydroxylation is 2. The van der Waals surface area contributed by atoms with Crippen LogP contribution in [0.1, 0.15) is 60.0 Å². The molecule has 2 aliphatic carbocycles. The van der Waals surface area contributed by atoms with Crippen LogP contribution in [0.3, 0.4) is 0 Å². The third-order valence-corrected chi connectivity index (χ3v) is 4.85. The first kappa shape index (κ1) is 13.6. The standard InChI is InChI=1S/C17H23NO2/c19-12-17(9-2-1-3-10-17)18-16(20)15-8-7-13-5-4-6-14(13)11-15/h7-8,11,19H,1-6,9-10,12H2,(H,18,20). The summed E-state index contributed by atoms with van der Waals surface area (Å²) in [6, 6.07) is 6.04. The van der Waals surface area contributed by atoms with Crippen molar-refractivity contribution in [1.82, 2.24) is 5.32 Å². The minimum Gasteiger partial charge on any atom is -0.394 e. The number of amides is 1. The molecule has 0 heterocycles. The molecular weight excluding hydrogens is 250 g/mol. The second kappa shape index (κ2) is 5.57. The summed E-state index contributed by atoms with van der Waals surface area (Å²) in [5.41, 5.74) is 3.05. The molecule has 0 saturated heterocycles. The van der Waals surface area contributed by atoms with E-state index in [9.17, 15) is 9.90 Å². The number of carbonyl (C=O) groups is 1. The average molecular weight is 273 g/mol. The summed E-state index contributed by atoms with van der Waals surface area (Å²) in [5, 5.41) is 12.8. The highest BCUT2D eigenvalue weighted by molar-refractivity contribution is 5.95. The zero-order chi connectivity index (χ0) is 14.0. The van der Waals surface area contributed by atoms with E-state index in [2.05, 4.69) is 11.4 Å². The molecule has 2 aliphatic rings. The van der Waals surface area contributed by atoms with Crippen LogP contribution in [0.2, 0.25) is 0 Å². The van der Waals surface area contributed by atoms with E-state index in [4.69, 9.17) is 0 Å². The molecule has 2 N–H and O–H groups in total. The van der Waals surface area contributed by atoms with Crippen molar-refractivity contribution in [2.45, 2.75) is 56.9 Å². The van der Waals surface area contributed by atoms with Gasteiger partial charge in [-0.3, -0.25) is 4.79 Å². The molecule has 0 aliphatic heterocycles. The van der Waals surface area contributed by atoms with Gasteiger partial charge in [-0.05, 0) is 55.4 Å². The highest BCUT2D eigenvalue weighted by Crippen LogP contribution is 2.28. The summed E-state index contributed by atoms with van der Waals surface area (Å²) >= 11 is 0. The molecule has 3 rings (SSSR count). The monoisotopic (exact) mass is 273 g/mol. The molecule has 0 spiro atoms. The van der Waals surface area contributed by atoms with Gasteiger partial charge in [-0.1, -0.05) is 25.3 Å². The van der Waals surface area contributed by atoms with Crippen molar-refractivity contribution in [3.05, 3.63) is 34.9 Å². The summed E-state index contributed by atoms with van der Waals surface area (Å²) in [7, 11) is 0. The first-order valence-electron chi connectivity index (χ1n) is 7.78. The van der Waals surface area contributed by atoms with Crippen molar-refractivity contribution in [2.75, 3.05) is 6.61 Å². The minimum atomic E-state index is -0.394. The van der Waals surface area contributed by atoms with Gasteiger partial charge in [0.15, 0.2) is 0 Å². The first-order chi connectivity index (χ1) is 9.72. The Bertz CT molecular complexity index is 504. The van der Waals surface area contributed by atoms with Gasteiger partial charge in [-0.2, -0.15) is 0 Å². The van der Waals surface area contributed by atoms with E-state index in [1.54, 1.807) is 0 Å². The van der Waals surface area contributed by atoms with Crippen molar-refractivity contribution in [2.24, 2.45) is 0 Å². The quantitative estimate of drug-likeness (QED) is 0.889. The summed E-state index contributed by atoms with van der Waals surface area (Å²) in [4.78, 5) is 12.5. The van der Waals surface area contributed by atoms with Crippen LogP contribution in [0.15, 0.2) is 18.2 Å². The zero-order valence-corrected chi connectivity index (χ0v) is 12.0. The van der Waals surface area contributed by atoms with Gasteiger partial charge in [-0.25, -0.2) is 0 Å². The molecule has 0 aromatic heterocycles. The predicted molar refractivity (Wildman–Crippen MR) is 78.8 cm³/mol. The summed E-state index contributed by atoms with van der Waals surface area (Å²) in [5.74, 6) is -0.0318. The molecule has 1 saturated carbocycles. The minimum absolute atomic E-state index is 0.0318. The van der Waals surface area contributed by atoms with Gasteiger partial charge in [0.1, 0.15) is 0 Å². The van der Waals surface area contributed by atoms with Gasteiger partial charge in [0.2, 0.25) is 0 Å². The van der Waals surface area contributed by atoms with E-state index in [1.165, 1.54) is 24.0 Å². The van der Waals surface area contributed by atoms with Crippen LogP contribution in [0.4, 0.5) is 0 Å². The van der Waals surface area contributed by atoms with E-state index >= 15 is 0 Å². The Morgan fingerprint density at radius 1 is 1.10 bits per heavy atom. The lowest BCUT2D eigenvalue weighted by atomic mass is 9.82. The summed E-state index contributed by atoms with van der Waals surface area (Å²) in [6.07, 6.45) is 8.58. The van der Waals surface area contributed by atoms with E-state index in [1.807, 2.05) is 12.1 Å². The lowest BCUT2D eigenvalue weighted by Crippen LogP contribution is -2.52. The molecule has 0 unspecified atom stereocenters. The number of nitrogens with one attached hydrogen (secondary N) is 1. The van der Waals surface area contributed by atoms with Gasteiger partial charge in [0.25, 0.3) is 5.91 Å². The Hall–Kier alpha value is -1.35. The normalized spacial score (nSPS) is 20.4. The highest BCUT2D eigenvalue weighted by Gasteiger charge is 2.33. The molecule has 20 heavy (non-hydrogen) atoms. The van der Waals surface area contributed by atoms with Crippen molar-refractivity contribution < 1.29 is 9.90 Å². The van der Waals surface area contributed by atoms with Crippen LogP contribution in [-0.2, 0) is 12.8 Å². The number of aliphatic hydroxyl groups is 1. The second-order valence-corrected chi connectivity index (χ2v) is 6.29. The third kappa shape index (κ3) is 2.59. The molecule has 3 nitrogen and oxygen atoms in total. The van der Waals surface area contributed by atoms with Crippen molar-refractivity contribution in [3.63, 3.8) is 0 Å². The fourth-order valence-corrected chi connectivity index (χ4v) is 3.58. The maximum atomic E-state index is 12.5. The zero-order valence-electron chi connectivity index (χ0n) is 12.0. The van der Waals surface area contributed by atoms with Gasteiger partial charge in [0, 0.05) is 5.56 Å². The van der Waals surface area contributed by atoms with Crippen LogP contribution < -0.4 is 5.32 Å². The number of aliphatic hydroxyl groups excluding tert-OH is 1. The average Bonchev–Trinajstić information content (AvgIpc) is 2.95. The Morgan fingerprint density at radius 3 is 2.60 bits per heavy atom. The molecule has 108 valence electrons. The van der Waals surface area contributed by atoms with E-state index < -0.39 is 5.54 Å². The summed E-state index contributed by atoms with van der Waals surface area (Å²) in [6.45, 7) is 0.0453. The van der Waals surface area contributed by atoms with Crippen LogP contribution in [0, 0.1) is 0 Å². The lowest BCUT2D eigenvalue weighted by molar-refractivity contribution is 0.0758. The van der Waals surface area contributed by atoms with Crippen molar-refractivity contribution in [1.29, 1.82) is 0 Å². The van der Waals surface area contributed by atoms with Crippen LogP contribution >= 0.6 is 0 Å². The molecule has 0 atom stereocenters. The number of rotatable bonds is 3. The number of fused-ring (bicyclic) bond motifs is 1.